The van der Waals surface area contributed by atoms with Crippen molar-refractivity contribution in [2.45, 2.75) is 53.4 Å². The SMILES string of the molecule is C=C(C)c1cc(C)cc(Cc2cc(C)cc(C(C)(C)C)c2O)c1O. The Morgan fingerprint density at radius 1 is 0.917 bits per heavy atom. The zero-order valence-electron chi connectivity index (χ0n) is 15.6. The summed E-state index contributed by atoms with van der Waals surface area (Å²) < 4.78 is 0. The molecule has 0 aliphatic rings. The lowest BCUT2D eigenvalue weighted by molar-refractivity contribution is 0.440. The molecule has 0 amide bonds. The topological polar surface area (TPSA) is 40.5 Å². The van der Waals surface area contributed by atoms with Crippen LogP contribution in [0.25, 0.3) is 5.57 Å². The molecule has 0 bridgehead atoms. The van der Waals surface area contributed by atoms with Crippen LogP contribution in [0.2, 0.25) is 0 Å². The summed E-state index contributed by atoms with van der Waals surface area (Å²) in [4.78, 5) is 0. The van der Waals surface area contributed by atoms with Gasteiger partial charge in [-0.25, -0.2) is 0 Å². The van der Waals surface area contributed by atoms with Gasteiger partial charge in [-0.3, -0.25) is 0 Å². The molecule has 0 atom stereocenters. The van der Waals surface area contributed by atoms with Gasteiger partial charge in [0, 0.05) is 12.0 Å². The number of aromatic hydroxyl groups is 2. The standard InChI is InChI=1S/C22H28O2/c1-13(2)18-10-14(3)8-16(20(18)23)12-17-9-15(4)11-19(21(17)24)22(5,6)7/h8-11,23-24H,1,12H2,2-7H3. The highest BCUT2D eigenvalue weighted by molar-refractivity contribution is 5.69. The second-order valence-electron chi connectivity index (χ2n) is 7.85. The van der Waals surface area contributed by atoms with E-state index in [1.165, 1.54) is 0 Å². The third-order valence-corrected chi connectivity index (χ3v) is 4.32. The fourth-order valence-electron chi connectivity index (χ4n) is 3.08. The normalized spacial score (nSPS) is 11.6. The van der Waals surface area contributed by atoms with Crippen LogP contribution in [-0.2, 0) is 11.8 Å². The minimum Gasteiger partial charge on any atom is -0.507 e. The lowest BCUT2D eigenvalue weighted by Crippen LogP contribution is -2.12. The zero-order valence-corrected chi connectivity index (χ0v) is 15.6. The van der Waals surface area contributed by atoms with Gasteiger partial charge >= 0.3 is 0 Å². The maximum atomic E-state index is 10.7. The molecule has 0 aliphatic carbocycles. The Kier molecular flexibility index (Phi) is 4.80. The van der Waals surface area contributed by atoms with Crippen LogP contribution in [0.3, 0.4) is 0 Å². The predicted octanol–water partition coefficient (Wildman–Crippen LogP) is 5.64. The molecule has 2 heteroatoms. The van der Waals surface area contributed by atoms with Crippen molar-refractivity contribution in [2.24, 2.45) is 0 Å². The van der Waals surface area contributed by atoms with Crippen LogP contribution >= 0.6 is 0 Å². The molecule has 0 saturated heterocycles. The van der Waals surface area contributed by atoms with Gasteiger partial charge in [0.15, 0.2) is 0 Å². The molecule has 0 aliphatic heterocycles. The smallest absolute Gasteiger partial charge is 0.126 e. The van der Waals surface area contributed by atoms with Gasteiger partial charge in [0.05, 0.1) is 0 Å². The van der Waals surface area contributed by atoms with Crippen molar-refractivity contribution < 1.29 is 10.2 Å². The first-order valence-corrected chi connectivity index (χ1v) is 8.32. The fourth-order valence-corrected chi connectivity index (χ4v) is 3.08. The molecule has 0 spiro atoms. The number of phenolic OH excluding ortho intramolecular Hbond substituents is 2. The van der Waals surface area contributed by atoms with Crippen LogP contribution < -0.4 is 0 Å². The summed E-state index contributed by atoms with van der Waals surface area (Å²) in [7, 11) is 0. The molecule has 0 heterocycles. The Hall–Kier alpha value is -2.22. The zero-order chi connectivity index (χ0) is 18.2. The maximum absolute atomic E-state index is 10.7. The third kappa shape index (κ3) is 3.64. The second kappa shape index (κ2) is 6.35. The van der Waals surface area contributed by atoms with Gasteiger partial charge in [-0.15, -0.1) is 0 Å². The van der Waals surface area contributed by atoms with Crippen LogP contribution in [0.5, 0.6) is 11.5 Å². The summed E-state index contributed by atoms with van der Waals surface area (Å²) in [5, 5.41) is 21.3. The number of aryl methyl sites for hydroxylation is 2. The highest BCUT2D eigenvalue weighted by atomic mass is 16.3. The van der Waals surface area contributed by atoms with Crippen molar-refractivity contribution >= 4 is 5.57 Å². The van der Waals surface area contributed by atoms with Gasteiger partial charge in [-0.1, -0.05) is 51.1 Å². The van der Waals surface area contributed by atoms with Crippen LogP contribution in [0.1, 0.15) is 61.1 Å². The number of phenols is 2. The summed E-state index contributed by atoms with van der Waals surface area (Å²) in [6.07, 6.45) is 0.490. The van der Waals surface area contributed by atoms with Crippen molar-refractivity contribution in [3.8, 4) is 11.5 Å². The molecule has 128 valence electrons. The Labute approximate surface area is 145 Å². The van der Waals surface area contributed by atoms with Crippen molar-refractivity contribution in [2.75, 3.05) is 0 Å². The Morgan fingerprint density at radius 2 is 1.42 bits per heavy atom. The quantitative estimate of drug-likeness (QED) is 0.767. The van der Waals surface area contributed by atoms with Crippen LogP contribution in [0.4, 0.5) is 0 Å². The van der Waals surface area contributed by atoms with Crippen molar-refractivity contribution in [3.05, 3.63) is 64.2 Å². The molecule has 0 aromatic heterocycles. The molecule has 2 N–H and O–H groups in total. The first-order chi connectivity index (χ1) is 11.0. The van der Waals surface area contributed by atoms with E-state index >= 15 is 0 Å². The number of benzene rings is 2. The molecule has 0 saturated carbocycles. The van der Waals surface area contributed by atoms with Gasteiger partial charge in [0.2, 0.25) is 0 Å². The van der Waals surface area contributed by atoms with Crippen molar-refractivity contribution in [3.63, 3.8) is 0 Å². The average Bonchev–Trinajstić information content (AvgIpc) is 2.44. The van der Waals surface area contributed by atoms with Crippen molar-refractivity contribution in [1.82, 2.24) is 0 Å². The Balaban J connectivity index is 2.57. The summed E-state index contributed by atoms with van der Waals surface area (Å²) in [6.45, 7) is 16.2. The van der Waals surface area contributed by atoms with E-state index in [1.807, 2.05) is 45.0 Å². The van der Waals surface area contributed by atoms with Gasteiger partial charge in [-0.2, -0.15) is 0 Å². The van der Waals surface area contributed by atoms with E-state index in [0.29, 0.717) is 12.2 Å². The lowest BCUT2D eigenvalue weighted by atomic mass is 9.83. The molecule has 24 heavy (non-hydrogen) atoms. The van der Waals surface area contributed by atoms with E-state index in [1.54, 1.807) is 0 Å². The monoisotopic (exact) mass is 324 g/mol. The third-order valence-electron chi connectivity index (χ3n) is 4.32. The molecular formula is C22H28O2. The summed E-state index contributed by atoms with van der Waals surface area (Å²) >= 11 is 0. The van der Waals surface area contributed by atoms with Gasteiger partial charge in [-0.05, 0) is 60.1 Å². The first-order valence-electron chi connectivity index (χ1n) is 8.32. The van der Waals surface area contributed by atoms with E-state index in [2.05, 4.69) is 27.4 Å². The number of hydrogen-bond donors (Lipinski definition) is 2. The Bertz CT molecular complexity index is 793. The largest absolute Gasteiger partial charge is 0.507 e. The second-order valence-corrected chi connectivity index (χ2v) is 7.85. The van der Waals surface area contributed by atoms with Gasteiger partial charge < -0.3 is 10.2 Å². The maximum Gasteiger partial charge on any atom is 0.126 e. The molecule has 0 fully saturated rings. The summed E-state index contributed by atoms with van der Waals surface area (Å²) in [5.74, 6) is 0.581. The number of rotatable bonds is 3. The molecule has 0 unspecified atom stereocenters. The highest BCUT2D eigenvalue weighted by Crippen LogP contribution is 2.37. The molecule has 2 aromatic rings. The molecular weight excluding hydrogens is 296 g/mol. The lowest BCUT2D eigenvalue weighted by Gasteiger charge is -2.23. The summed E-state index contributed by atoms with van der Waals surface area (Å²) in [6, 6.07) is 7.94. The van der Waals surface area contributed by atoms with E-state index in [-0.39, 0.29) is 11.2 Å². The minimum absolute atomic E-state index is 0.137. The fraction of sp³-hybridized carbons (Fsp3) is 0.364. The Morgan fingerprint density at radius 3 is 1.92 bits per heavy atom. The molecule has 2 rings (SSSR count). The van der Waals surface area contributed by atoms with Crippen LogP contribution in [0.15, 0.2) is 30.8 Å². The summed E-state index contributed by atoms with van der Waals surface area (Å²) in [5.41, 5.74) is 6.24. The van der Waals surface area contributed by atoms with E-state index in [4.69, 9.17) is 0 Å². The predicted molar refractivity (Wildman–Crippen MR) is 102 cm³/mol. The van der Waals surface area contributed by atoms with E-state index in [0.717, 1.165) is 39.0 Å². The van der Waals surface area contributed by atoms with Gasteiger partial charge in [0.25, 0.3) is 0 Å². The average molecular weight is 324 g/mol. The van der Waals surface area contributed by atoms with Crippen molar-refractivity contribution in [1.29, 1.82) is 0 Å². The number of hydrogen-bond acceptors (Lipinski definition) is 2. The minimum atomic E-state index is -0.137. The van der Waals surface area contributed by atoms with Crippen LogP contribution in [-0.4, -0.2) is 10.2 Å². The first kappa shape index (κ1) is 18.1. The molecule has 0 radical (unpaired) electrons. The molecule has 2 nitrogen and oxygen atoms in total. The molecule has 2 aromatic carbocycles. The highest BCUT2D eigenvalue weighted by Gasteiger charge is 2.21. The number of allylic oxidation sites excluding steroid dienone is 1. The van der Waals surface area contributed by atoms with Crippen LogP contribution in [0, 0.1) is 13.8 Å². The van der Waals surface area contributed by atoms with Gasteiger partial charge in [0.1, 0.15) is 11.5 Å². The van der Waals surface area contributed by atoms with E-state index < -0.39 is 0 Å². The van der Waals surface area contributed by atoms with E-state index in [9.17, 15) is 10.2 Å².